The highest BCUT2D eigenvalue weighted by atomic mass is 16.3. The summed E-state index contributed by atoms with van der Waals surface area (Å²) >= 11 is 0. The number of aliphatic hydroxyl groups is 1. The van der Waals surface area contributed by atoms with Gasteiger partial charge < -0.3 is 10.4 Å². The Kier molecular flexibility index (Phi) is 4.52. The van der Waals surface area contributed by atoms with Crippen LogP contribution in [0.1, 0.15) is 40.9 Å². The third-order valence-corrected chi connectivity index (χ3v) is 3.06. The van der Waals surface area contributed by atoms with Gasteiger partial charge in [-0.15, -0.1) is 0 Å². The fourth-order valence-electron chi connectivity index (χ4n) is 2.00. The zero-order chi connectivity index (χ0) is 13.9. The average Bonchev–Trinajstić information content (AvgIpc) is 2.25. The lowest BCUT2D eigenvalue weighted by Crippen LogP contribution is -2.36. The molecular weight excluding hydrogens is 226 g/mol. The van der Waals surface area contributed by atoms with Crippen molar-refractivity contribution >= 4 is 5.91 Å². The summed E-state index contributed by atoms with van der Waals surface area (Å²) in [6.07, 6.45) is 0. The second kappa shape index (κ2) is 5.53. The van der Waals surface area contributed by atoms with Crippen LogP contribution in [0.2, 0.25) is 0 Å². The van der Waals surface area contributed by atoms with Gasteiger partial charge in [-0.3, -0.25) is 4.79 Å². The van der Waals surface area contributed by atoms with Gasteiger partial charge in [-0.2, -0.15) is 0 Å². The average molecular weight is 249 g/mol. The first-order valence-electron chi connectivity index (χ1n) is 6.24. The van der Waals surface area contributed by atoms with Crippen molar-refractivity contribution in [3.8, 4) is 0 Å². The van der Waals surface area contributed by atoms with E-state index in [1.54, 1.807) is 0 Å². The van der Waals surface area contributed by atoms with E-state index in [2.05, 4.69) is 5.32 Å². The van der Waals surface area contributed by atoms with Crippen molar-refractivity contribution < 1.29 is 9.90 Å². The number of benzene rings is 1. The Balaban J connectivity index is 2.86. The van der Waals surface area contributed by atoms with Gasteiger partial charge >= 0.3 is 0 Å². The number of hydrogen-bond acceptors (Lipinski definition) is 2. The SMILES string of the molecule is Cc1cc(C)c(C(=O)NCC(C)(C)CO)c(C)c1. The number of aliphatic hydroxyl groups excluding tert-OH is 1. The molecule has 0 bridgehead atoms. The lowest BCUT2D eigenvalue weighted by atomic mass is 9.94. The minimum Gasteiger partial charge on any atom is -0.396 e. The number of aryl methyl sites for hydroxylation is 3. The Hall–Kier alpha value is -1.35. The maximum Gasteiger partial charge on any atom is 0.251 e. The van der Waals surface area contributed by atoms with Crippen molar-refractivity contribution in [1.29, 1.82) is 0 Å². The molecule has 1 aromatic carbocycles. The minimum atomic E-state index is -0.290. The van der Waals surface area contributed by atoms with E-state index in [-0.39, 0.29) is 17.9 Å². The van der Waals surface area contributed by atoms with Crippen LogP contribution in [0.4, 0.5) is 0 Å². The fourth-order valence-corrected chi connectivity index (χ4v) is 2.00. The molecule has 0 unspecified atom stereocenters. The molecule has 0 heterocycles. The molecular formula is C15H23NO2. The van der Waals surface area contributed by atoms with Gasteiger partial charge in [0.2, 0.25) is 0 Å². The Labute approximate surface area is 109 Å². The number of rotatable bonds is 4. The molecule has 0 saturated carbocycles. The lowest BCUT2D eigenvalue weighted by molar-refractivity contribution is 0.0910. The summed E-state index contributed by atoms with van der Waals surface area (Å²) in [5.74, 6) is -0.0634. The molecule has 2 N–H and O–H groups in total. The molecule has 0 aliphatic rings. The smallest absolute Gasteiger partial charge is 0.251 e. The molecule has 0 atom stereocenters. The number of carbonyl (C=O) groups excluding carboxylic acids is 1. The van der Waals surface area contributed by atoms with Gasteiger partial charge in [-0.1, -0.05) is 31.5 Å². The summed E-state index contributed by atoms with van der Waals surface area (Å²) in [5, 5.41) is 12.1. The van der Waals surface area contributed by atoms with Crippen molar-refractivity contribution in [2.24, 2.45) is 5.41 Å². The summed E-state index contributed by atoms with van der Waals surface area (Å²) in [5.41, 5.74) is 3.60. The number of amides is 1. The van der Waals surface area contributed by atoms with Crippen molar-refractivity contribution in [3.63, 3.8) is 0 Å². The minimum absolute atomic E-state index is 0.0547. The third kappa shape index (κ3) is 3.57. The van der Waals surface area contributed by atoms with Crippen LogP contribution in [-0.2, 0) is 0 Å². The van der Waals surface area contributed by atoms with E-state index in [0.29, 0.717) is 6.54 Å². The quantitative estimate of drug-likeness (QED) is 0.860. The third-order valence-electron chi connectivity index (χ3n) is 3.06. The highest BCUT2D eigenvalue weighted by Crippen LogP contribution is 2.17. The molecule has 3 heteroatoms. The van der Waals surface area contributed by atoms with Crippen LogP contribution >= 0.6 is 0 Å². The van der Waals surface area contributed by atoms with E-state index >= 15 is 0 Å². The first kappa shape index (κ1) is 14.7. The molecule has 0 aliphatic heterocycles. The first-order valence-corrected chi connectivity index (χ1v) is 6.24. The van der Waals surface area contributed by atoms with Gasteiger partial charge in [-0.05, 0) is 31.9 Å². The van der Waals surface area contributed by atoms with Crippen LogP contribution in [0.5, 0.6) is 0 Å². The summed E-state index contributed by atoms with van der Waals surface area (Å²) in [7, 11) is 0. The Bertz CT molecular complexity index is 427. The predicted molar refractivity (Wildman–Crippen MR) is 73.9 cm³/mol. The van der Waals surface area contributed by atoms with Crippen molar-refractivity contribution in [2.45, 2.75) is 34.6 Å². The molecule has 18 heavy (non-hydrogen) atoms. The fraction of sp³-hybridized carbons (Fsp3) is 0.533. The van der Waals surface area contributed by atoms with Crippen LogP contribution in [0.15, 0.2) is 12.1 Å². The molecule has 1 amide bonds. The van der Waals surface area contributed by atoms with Crippen LogP contribution in [0.3, 0.4) is 0 Å². The van der Waals surface area contributed by atoms with Crippen LogP contribution < -0.4 is 5.32 Å². The summed E-state index contributed by atoms with van der Waals surface area (Å²) in [6, 6.07) is 4.03. The number of nitrogens with one attached hydrogen (secondary N) is 1. The van der Waals surface area contributed by atoms with E-state index in [1.165, 1.54) is 0 Å². The second-order valence-corrected chi connectivity index (χ2v) is 5.78. The largest absolute Gasteiger partial charge is 0.396 e. The van der Waals surface area contributed by atoms with Crippen LogP contribution in [0.25, 0.3) is 0 Å². The highest BCUT2D eigenvalue weighted by molar-refractivity contribution is 5.97. The second-order valence-electron chi connectivity index (χ2n) is 5.78. The maximum absolute atomic E-state index is 12.2. The van der Waals surface area contributed by atoms with E-state index in [0.717, 1.165) is 22.3 Å². The molecule has 100 valence electrons. The summed E-state index contributed by atoms with van der Waals surface area (Å²) in [6.45, 7) is 10.3. The lowest BCUT2D eigenvalue weighted by Gasteiger charge is -2.22. The normalized spacial score (nSPS) is 11.4. The molecule has 1 rings (SSSR count). The van der Waals surface area contributed by atoms with Crippen LogP contribution in [-0.4, -0.2) is 24.2 Å². The van der Waals surface area contributed by atoms with Gasteiger partial charge in [0.15, 0.2) is 0 Å². The monoisotopic (exact) mass is 249 g/mol. The topological polar surface area (TPSA) is 49.3 Å². The molecule has 1 aromatic rings. The van der Waals surface area contributed by atoms with Gasteiger partial charge in [0, 0.05) is 24.1 Å². The highest BCUT2D eigenvalue weighted by Gasteiger charge is 2.19. The van der Waals surface area contributed by atoms with Gasteiger partial charge in [0.05, 0.1) is 0 Å². The molecule has 0 aliphatic carbocycles. The molecule has 0 spiro atoms. The molecule has 0 fully saturated rings. The van der Waals surface area contributed by atoms with Gasteiger partial charge in [-0.25, -0.2) is 0 Å². The molecule has 3 nitrogen and oxygen atoms in total. The molecule has 0 aromatic heterocycles. The van der Waals surface area contributed by atoms with Crippen molar-refractivity contribution in [2.75, 3.05) is 13.2 Å². The van der Waals surface area contributed by atoms with Crippen molar-refractivity contribution in [3.05, 3.63) is 34.4 Å². The van der Waals surface area contributed by atoms with E-state index in [4.69, 9.17) is 0 Å². The summed E-state index contributed by atoms with van der Waals surface area (Å²) in [4.78, 5) is 12.2. The Morgan fingerprint density at radius 3 is 2.17 bits per heavy atom. The van der Waals surface area contributed by atoms with Crippen LogP contribution in [0, 0.1) is 26.2 Å². The first-order chi connectivity index (χ1) is 8.26. The predicted octanol–water partition coefficient (Wildman–Crippen LogP) is 2.36. The summed E-state index contributed by atoms with van der Waals surface area (Å²) < 4.78 is 0. The Morgan fingerprint density at radius 2 is 1.72 bits per heavy atom. The number of hydrogen-bond donors (Lipinski definition) is 2. The van der Waals surface area contributed by atoms with E-state index in [9.17, 15) is 9.90 Å². The van der Waals surface area contributed by atoms with E-state index in [1.807, 2.05) is 46.8 Å². The molecule has 0 saturated heterocycles. The standard InChI is InChI=1S/C15H23NO2/c1-10-6-11(2)13(12(3)7-10)14(18)16-8-15(4,5)9-17/h6-7,17H,8-9H2,1-5H3,(H,16,18). The maximum atomic E-state index is 12.2. The van der Waals surface area contributed by atoms with Crippen molar-refractivity contribution in [1.82, 2.24) is 5.32 Å². The Morgan fingerprint density at radius 1 is 1.22 bits per heavy atom. The number of carbonyl (C=O) groups is 1. The zero-order valence-electron chi connectivity index (χ0n) is 11.9. The zero-order valence-corrected chi connectivity index (χ0v) is 11.9. The molecule has 0 radical (unpaired) electrons. The van der Waals surface area contributed by atoms with Gasteiger partial charge in [0.25, 0.3) is 5.91 Å². The van der Waals surface area contributed by atoms with E-state index < -0.39 is 0 Å². The van der Waals surface area contributed by atoms with Gasteiger partial charge in [0.1, 0.15) is 0 Å².